The third-order valence-electron chi connectivity index (χ3n) is 2.26. The Morgan fingerprint density at radius 1 is 1.50 bits per heavy atom. The van der Waals surface area contributed by atoms with E-state index >= 15 is 0 Å². The van der Waals surface area contributed by atoms with Gasteiger partial charge in [0.05, 0.1) is 7.11 Å². The van der Waals surface area contributed by atoms with E-state index in [9.17, 15) is 0 Å². The van der Waals surface area contributed by atoms with E-state index < -0.39 is 0 Å². The van der Waals surface area contributed by atoms with Gasteiger partial charge in [-0.05, 0) is 30.2 Å². The smallest absolute Gasteiger partial charge is 0.119 e. The lowest BCUT2D eigenvalue weighted by Crippen LogP contribution is -1.90. The van der Waals surface area contributed by atoms with E-state index in [4.69, 9.17) is 4.74 Å². The molecule has 64 valence electrons. The second-order valence-electron chi connectivity index (χ2n) is 3.18. The van der Waals surface area contributed by atoms with Crippen LogP contribution in [0.3, 0.4) is 0 Å². The monoisotopic (exact) mass is 163 g/mol. The van der Waals surface area contributed by atoms with Crippen LogP contribution in [0.15, 0.2) is 18.2 Å². The SMILES string of the molecule is COc1ccc([C@H]2CN2)c(C)c1. The van der Waals surface area contributed by atoms with Gasteiger partial charge < -0.3 is 10.1 Å². The van der Waals surface area contributed by atoms with Gasteiger partial charge in [0, 0.05) is 12.6 Å². The van der Waals surface area contributed by atoms with Gasteiger partial charge >= 0.3 is 0 Å². The van der Waals surface area contributed by atoms with Crippen molar-refractivity contribution < 1.29 is 4.74 Å². The first kappa shape index (κ1) is 7.62. The largest absolute Gasteiger partial charge is 0.497 e. The molecular weight excluding hydrogens is 150 g/mol. The Kier molecular flexibility index (Phi) is 1.77. The highest BCUT2D eigenvalue weighted by Gasteiger charge is 2.23. The van der Waals surface area contributed by atoms with E-state index in [1.165, 1.54) is 11.1 Å². The third-order valence-corrected chi connectivity index (χ3v) is 2.26. The molecule has 1 aliphatic heterocycles. The average molecular weight is 163 g/mol. The van der Waals surface area contributed by atoms with Crippen LogP contribution in [0, 0.1) is 6.92 Å². The van der Waals surface area contributed by atoms with Crippen LogP contribution in [-0.2, 0) is 0 Å². The third kappa shape index (κ3) is 1.30. The second-order valence-corrected chi connectivity index (χ2v) is 3.18. The molecule has 0 amide bonds. The minimum absolute atomic E-state index is 0.593. The summed E-state index contributed by atoms with van der Waals surface area (Å²) >= 11 is 0. The van der Waals surface area contributed by atoms with Crippen LogP contribution in [0.25, 0.3) is 0 Å². The number of ether oxygens (including phenoxy) is 1. The van der Waals surface area contributed by atoms with E-state index in [1.807, 2.05) is 6.07 Å². The van der Waals surface area contributed by atoms with Gasteiger partial charge in [-0.15, -0.1) is 0 Å². The van der Waals surface area contributed by atoms with E-state index in [-0.39, 0.29) is 0 Å². The van der Waals surface area contributed by atoms with E-state index in [2.05, 4.69) is 24.4 Å². The molecule has 1 aromatic rings. The molecule has 2 rings (SSSR count). The molecule has 0 spiro atoms. The summed E-state index contributed by atoms with van der Waals surface area (Å²) in [5.74, 6) is 0.942. The summed E-state index contributed by atoms with van der Waals surface area (Å²) in [7, 11) is 1.70. The van der Waals surface area contributed by atoms with Crippen molar-refractivity contribution in [3.05, 3.63) is 29.3 Å². The lowest BCUT2D eigenvalue weighted by Gasteiger charge is -2.05. The molecule has 1 heterocycles. The van der Waals surface area contributed by atoms with Gasteiger partial charge in [0.25, 0.3) is 0 Å². The van der Waals surface area contributed by atoms with Gasteiger partial charge in [0.1, 0.15) is 5.75 Å². The summed E-state index contributed by atoms with van der Waals surface area (Å²) in [5, 5.41) is 3.29. The van der Waals surface area contributed by atoms with Crippen molar-refractivity contribution >= 4 is 0 Å². The topological polar surface area (TPSA) is 31.2 Å². The maximum Gasteiger partial charge on any atom is 0.119 e. The van der Waals surface area contributed by atoms with Crippen LogP contribution in [0.2, 0.25) is 0 Å². The van der Waals surface area contributed by atoms with Crippen molar-refractivity contribution in [2.45, 2.75) is 13.0 Å². The molecule has 0 aromatic heterocycles. The van der Waals surface area contributed by atoms with Crippen molar-refractivity contribution in [3.8, 4) is 5.75 Å². The zero-order valence-electron chi connectivity index (χ0n) is 7.42. The van der Waals surface area contributed by atoms with Crippen LogP contribution >= 0.6 is 0 Å². The van der Waals surface area contributed by atoms with E-state index in [0.29, 0.717) is 6.04 Å². The summed E-state index contributed by atoms with van der Waals surface area (Å²) in [5.41, 5.74) is 2.71. The molecule has 1 fully saturated rings. The predicted octanol–water partition coefficient (Wildman–Crippen LogP) is 1.65. The average Bonchev–Trinajstić information content (AvgIpc) is 2.87. The molecular formula is C10H13NO. The van der Waals surface area contributed by atoms with Gasteiger partial charge in [-0.3, -0.25) is 0 Å². The molecule has 0 saturated carbocycles. The van der Waals surface area contributed by atoms with Gasteiger partial charge in [0.2, 0.25) is 0 Å². The lowest BCUT2D eigenvalue weighted by atomic mass is 10.1. The molecule has 12 heavy (non-hydrogen) atoms. The normalized spacial score (nSPS) is 20.7. The molecule has 1 N–H and O–H groups in total. The van der Waals surface area contributed by atoms with Crippen LogP contribution in [0.5, 0.6) is 5.75 Å². The first-order chi connectivity index (χ1) is 5.81. The summed E-state index contributed by atoms with van der Waals surface area (Å²) in [6.45, 7) is 3.24. The summed E-state index contributed by atoms with van der Waals surface area (Å²) in [6, 6.07) is 6.83. The Labute approximate surface area is 72.5 Å². The molecule has 0 aliphatic carbocycles. The highest BCUT2D eigenvalue weighted by molar-refractivity contribution is 5.38. The Hall–Kier alpha value is -1.02. The molecule has 0 bridgehead atoms. The van der Waals surface area contributed by atoms with Crippen LogP contribution in [0.1, 0.15) is 17.2 Å². The number of rotatable bonds is 2. The van der Waals surface area contributed by atoms with Crippen molar-refractivity contribution in [1.82, 2.24) is 5.32 Å². The zero-order chi connectivity index (χ0) is 8.55. The number of nitrogens with one attached hydrogen (secondary N) is 1. The number of methoxy groups -OCH3 is 1. The molecule has 1 aromatic carbocycles. The molecule has 2 heteroatoms. The summed E-state index contributed by atoms with van der Waals surface area (Å²) in [6.07, 6.45) is 0. The van der Waals surface area contributed by atoms with Gasteiger partial charge in [0.15, 0.2) is 0 Å². The molecule has 1 atom stereocenters. The molecule has 0 unspecified atom stereocenters. The Morgan fingerprint density at radius 2 is 2.25 bits per heavy atom. The van der Waals surface area contributed by atoms with Crippen LogP contribution in [-0.4, -0.2) is 13.7 Å². The van der Waals surface area contributed by atoms with Crippen LogP contribution < -0.4 is 10.1 Å². The minimum Gasteiger partial charge on any atom is -0.497 e. The van der Waals surface area contributed by atoms with Gasteiger partial charge in [-0.1, -0.05) is 6.07 Å². The van der Waals surface area contributed by atoms with Crippen molar-refractivity contribution in [1.29, 1.82) is 0 Å². The zero-order valence-corrected chi connectivity index (χ0v) is 7.42. The fourth-order valence-corrected chi connectivity index (χ4v) is 1.44. The van der Waals surface area contributed by atoms with Crippen molar-refractivity contribution in [2.24, 2.45) is 0 Å². The highest BCUT2D eigenvalue weighted by Crippen LogP contribution is 2.27. The molecule has 2 nitrogen and oxygen atoms in total. The molecule has 1 saturated heterocycles. The lowest BCUT2D eigenvalue weighted by molar-refractivity contribution is 0.414. The Bertz CT molecular complexity index is 292. The van der Waals surface area contributed by atoms with Crippen LogP contribution in [0.4, 0.5) is 0 Å². The first-order valence-corrected chi connectivity index (χ1v) is 4.19. The fourth-order valence-electron chi connectivity index (χ4n) is 1.44. The minimum atomic E-state index is 0.593. The summed E-state index contributed by atoms with van der Waals surface area (Å²) in [4.78, 5) is 0. The maximum absolute atomic E-state index is 5.13. The van der Waals surface area contributed by atoms with E-state index in [0.717, 1.165) is 12.3 Å². The highest BCUT2D eigenvalue weighted by atomic mass is 16.5. The number of benzene rings is 1. The predicted molar refractivity (Wildman–Crippen MR) is 48.5 cm³/mol. The van der Waals surface area contributed by atoms with Crippen molar-refractivity contribution in [2.75, 3.05) is 13.7 Å². The number of hydrogen-bond donors (Lipinski definition) is 1. The first-order valence-electron chi connectivity index (χ1n) is 4.19. The second kappa shape index (κ2) is 2.79. The molecule has 1 aliphatic rings. The Balaban J connectivity index is 2.32. The quantitative estimate of drug-likeness (QED) is 0.672. The standard InChI is InChI=1S/C10H13NO/c1-7-5-8(12-2)3-4-9(7)10-6-11-10/h3-5,10-11H,6H2,1-2H3/t10-/m1/s1. The maximum atomic E-state index is 5.13. The van der Waals surface area contributed by atoms with E-state index in [1.54, 1.807) is 7.11 Å². The number of aryl methyl sites for hydroxylation is 1. The molecule has 0 radical (unpaired) electrons. The van der Waals surface area contributed by atoms with Crippen molar-refractivity contribution in [3.63, 3.8) is 0 Å². The fraction of sp³-hybridized carbons (Fsp3) is 0.400. The van der Waals surface area contributed by atoms with Gasteiger partial charge in [-0.25, -0.2) is 0 Å². The number of hydrogen-bond acceptors (Lipinski definition) is 2. The van der Waals surface area contributed by atoms with Gasteiger partial charge in [-0.2, -0.15) is 0 Å². The summed E-state index contributed by atoms with van der Waals surface area (Å²) < 4.78 is 5.13. The Morgan fingerprint density at radius 3 is 2.75 bits per heavy atom.